The van der Waals surface area contributed by atoms with Gasteiger partial charge in [0.25, 0.3) is 11.7 Å². The van der Waals surface area contributed by atoms with E-state index in [1.807, 2.05) is 19.0 Å². The molecule has 2 heterocycles. The van der Waals surface area contributed by atoms with Crippen molar-refractivity contribution in [3.8, 4) is 0 Å². The second-order valence-corrected chi connectivity index (χ2v) is 7.62. The number of hydrogen-bond acceptors (Lipinski definition) is 6. The van der Waals surface area contributed by atoms with E-state index in [9.17, 15) is 19.1 Å². The number of halogens is 1. The first kappa shape index (κ1) is 21.6. The van der Waals surface area contributed by atoms with Crippen molar-refractivity contribution in [1.82, 2.24) is 19.8 Å². The molecule has 1 N–H and O–H groups in total. The van der Waals surface area contributed by atoms with Gasteiger partial charge < -0.3 is 14.9 Å². The van der Waals surface area contributed by atoms with Crippen LogP contribution in [0.1, 0.15) is 35.1 Å². The number of ketones is 1. The van der Waals surface area contributed by atoms with Crippen LogP contribution in [-0.2, 0) is 9.59 Å². The summed E-state index contributed by atoms with van der Waals surface area (Å²) in [5.41, 5.74) is 1.10. The third-order valence-electron chi connectivity index (χ3n) is 5.06. The molecule has 1 atom stereocenters. The monoisotopic (exact) mass is 412 g/mol. The van der Waals surface area contributed by atoms with Crippen LogP contribution in [0.2, 0.25) is 0 Å². The van der Waals surface area contributed by atoms with E-state index >= 15 is 0 Å². The summed E-state index contributed by atoms with van der Waals surface area (Å²) in [5.74, 6) is -1.83. The Bertz CT molecular complexity index is 1020. The molecule has 1 aliphatic heterocycles. The first-order valence-electron chi connectivity index (χ1n) is 9.70. The van der Waals surface area contributed by atoms with Crippen molar-refractivity contribution in [2.45, 2.75) is 26.3 Å². The first-order valence-corrected chi connectivity index (χ1v) is 9.70. The maximum Gasteiger partial charge on any atom is 0.295 e. The van der Waals surface area contributed by atoms with Crippen molar-refractivity contribution in [1.29, 1.82) is 0 Å². The number of carbonyl (C=O) groups excluding carboxylic acids is 2. The number of amides is 1. The molecule has 8 heteroatoms. The summed E-state index contributed by atoms with van der Waals surface area (Å²) in [5, 5.41) is 11.0. The van der Waals surface area contributed by atoms with Crippen LogP contribution in [0.4, 0.5) is 4.39 Å². The topological polar surface area (TPSA) is 86.6 Å². The number of nitrogens with zero attached hydrogens (tertiary/aromatic N) is 4. The highest BCUT2D eigenvalue weighted by atomic mass is 19.1. The number of hydrogen-bond donors (Lipinski definition) is 1. The van der Waals surface area contributed by atoms with Gasteiger partial charge in [-0.05, 0) is 58.6 Å². The van der Waals surface area contributed by atoms with Gasteiger partial charge in [0.05, 0.1) is 22.9 Å². The van der Waals surface area contributed by atoms with Crippen LogP contribution in [0.3, 0.4) is 0 Å². The largest absolute Gasteiger partial charge is 0.507 e. The van der Waals surface area contributed by atoms with Gasteiger partial charge >= 0.3 is 0 Å². The Morgan fingerprint density at radius 2 is 2.00 bits per heavy atom. The molecule has 1 amide bonds. The molecule has 30 heavy (non-hydrogen) atoms. The molecule has 158 valence electrons. The number of aromatic nitrogens is 2. The first-order chi connectivity index (χ1) is 14.2. The fraction of sp³-hybridized carbons (Fsp3) is 0.364. The minimum absolute atomic E-state index is 0.0778. The molecule has 1 fully saturated rings. The quantitative estimate of drug-likeness (QED) is 0.446. The van der Waals surface area contributed by atoms with Crippen molar-refractivity contribution in [3.05, 3.63) is 64.5 Å². The van der Waals surface area contributed by atoms with Crippen LogP contribution < -0.4 is 0 Å². The normalized spacial score (nSPS) is 18.5. The third-order valence-corrected chi connectivity index (χ3v) is 5.06. The van der Waals surface area contributed by atoms with E-state index in [1.165, 1.54) is 29.3 Å². The van der Waals surface area contributed by atoms with Crippen molar-refractivity contribution in [2.24, 2.45) is 0 Å². The summed E-state index contributed by atoms with van der Waals surface area (Å²) < 4.78 is 14.0. The molecule has 0 spiro atoms. The maximum atomic E-state index is 14.0. The zero-order valence-corrected chi connectivity index (χ0v) is 17.5. The molecule has 1 saturated heterocycles. The maximum absolute atomic E-state index is 14.0. The Morgan fingerprint density at radius 1 is 1.27 bits per heavy atom. The van der Waals surface area contributed by atoms with Crippen LogP contribution >= 0.6 is 0 Å². The molecule has 1 aromatic heterocycles. The third kappa shape index (κ3) is 4.23. The number of likely N-dealkylation sites (tertiary alicyclic amines) is 1. The van der Waals surface area contributed by atoms with Crippen molar-refractivity contribution in [2.75, 3.05) is 27.2 Å². The van der Waals surface area contributed by atoms with E-state index in [0.29, 0.717) is 36.6 Å². The summed E-state index contributed by atoms with van der Waals surface area (Å²) >= 11 is 0. The van der Waals surface area contributed by atoms with Crippen molar-refractivity contribution >= 4 is 17.4 Å². The lowest BCUT2D eigenvalue weighted by Gasteiger charge is -2.26. The average Bonchev–Trinajstić information content (AvgIpc) is 2.92. The van der Waals surface area contributed by atoms with E-state index in [0.717, 1.165) is 0 Å². The predicted molar refractivity (Wildman–Crippen MR) is 110 cm³/mol. The van der Waals surface area contributed by atoms with Gasteiger partial charge in [0, 0.05) is 12.7 Å². The van der Waals surface area contributed by atoms with Gasteiger partial charge in [-0.2, -0.15) is 0 Å². The molecule has 2 aromatic rings. The van der Waals surface area contributed by atoms with Gasteiger partial charge in [0.15, 0.2) is 0 Å². The Kier molecular flexibility index (Phi) is 6.26. The second-order valence-electron chi connectivity index (χ2n) is 7.62. The molecular formula is C22H25FN4O3. The molecular weight excluding hydrogens is 387 g/mol. The van der Waals surface area contributed by atoms with Crippen LogP contribution in [0.5, 0.6) is 0 Å². The van der Waals surface area contributed by atoms with Gasteiger partial charge in [-0.15, -0.1) is 0 Å². The molecule has 0 saturated carbocycles. The second kappa shape index (κ2) is 8.71. The van der Waals surface area contributed by atoms with Gasteiger partial charge in [0.1, 0.15) is 17.4 Å². The molecule has 7 nitrogen and oxygen atoms in total. The van der Waals surface area contributed by atoms with E-state index in [-0.39, 0.29) is 16.9 Å². The zero-order chi connectivity index (χ0) is 22.0. The van der Waals surface area contributed by atoms with Crippen LogP contribution in [0.15, 0.2) is 36.0 Å². The summed E-state index contributed by atoms with van der Waals surface area (Å²) in [6, 6.07) is 4.85. The average molecular weight is 412 g/mol. The Morgan fingerprint density at radius 3 is 2.63 bits per heavy atom. The van der Waals surface area contributed by atoms with Gasteiger partial charge in [0.2, 0.25) is 0 Å². The summed E-state index contributed by atoms with van der Waals surface area (Å²) in [4.78, 5) is 37.4. The number of aliphatic hydroxyl groups excluding tert-OH is 1. The Hall–Kier alpha value is -3.13. The smallest absolute Gasteiger partial charge is 0.295 e. The lowest BCUT2D eigenvalue weighted by Crippen LogP contribution is -2.32. The molecule has 0 unspecified atom stereocenters. The summed E-state index contributed by atoms with van der Waals surface area (Å²) in [6.45, 7) is 4.41. The van der Waals surface area contributed by atoms with Crippen molar-refractivity contribution in [3.63, 3.8) is 0 Å². The minimum atomic E-state index is -0.886. The number of carbonyl (C=O) groups is 2. The highest BCUT2D eigenvalue weighted by Gasteiger charge is 2.46. The van der Waals surface area contributed by atoms with Gasteiger partial charge in [-0.3, -0.25) is 9.59 Å². The predicted octanol–water partition coefficient (Wildman–Crippen LogP) is 2.61. The Labute approximate surface area is 174 Å². The van der Waals surface area contributed by atoms with E-state index in [1.54, 1.807) is 19.9 Å². The standard InChI is InChI=1S/C22H25FN4O3/c1-13-17(12-24-14(2)25-13)20(28)18-19(15-7-5-8-16(23)11-15)27(22(30)21(18)29)10-6-9-26(3)4/h5,7-8,11-12,19,28H,6,9-10H2,1-4H3/b20-18+/t19-/m1/s1. The van der Waals surface area contributed by atoms with Crippen LogP contribution in [0, 0.1) is 19.7 Å². The van der Waals surface area contributed by atoms with E-state index < -0.39 is 23.5 Å². The molecule has 0 radical (unpaired) electrons. The zero-order valence-electron chi connectivity index (χ0n) is 17.5. The lowest BCUT2D eigenvalue weighted by atomic mass is 9.95. The summed E-state index contributed by atoms with van der Waals surface area (Å²) in [6.07, 6.45) is 2.05. The molecule has 1 aliphatic rings. The fourth-order valence-electron chi connectivity index (χ4n) is 3.65. The number of rotatable bonds is 6. The van der Waals surface area contributed by atoms with Gasteiger partial charge in [-0.25, -0.2) is 14.4 Å². The molecule has 3 rings (SSSR count). The number of benzene rings is 1. The highest BCUT2D eigenvalue weighted by molar-refractivity contribution is 6.46. The molecule has 1 aromatic carbocycles. The number of aliphatic hydroxyl groups is 1. The summed E-state index contributed by atoms with van der Waals surface area (Å²) in [7, 11) is 3.83. The van der Waals surface area contributed by atoms with E-state index in [4.69, 9.17) is 0 Å². The number of aryl methyl sites for hydroxylation is 2. The number of Topliss-reactive ketones (excluding diaryl/α,β-unsaturated/α-hetero) is 1. The Balaban J connectivity index is 2.13. The molecule has 0 bridgehead atoms. The lowest BCUT2D eigenvalue weighted by molar-refractivity contribution is -0.139. The van der Waals surface area contributed by atoms with Gasteiger partial charge in [-0.1, -0.05) is 12.1 Å². The highest BCUT2D eigenvalue weighted by Crippen LogP contribution is 2.39. The minimum Gasteiger partial charge on any atom is -0.507 e. The molecule has 0 aliphatic carbocycles. The van der Waals surface area contributed by atoms with E-state index in [2.05, 4.69) is 9.97 Å². The van der Waals surface area contributed by atoms with Crippen LogP contribution in [-0.4, -0.2) is 63.7 Å². The fourth-order valence-corrected chi connectivity index (χ4v) is 3.65. The van der Waals surface area contributed by atoms with Crippen molar-refractivity contribution < 1.29 is 19.1 Å². The van der Waals surface area contributed by atoms with Crippen LogP contribution in [0.25, 0.3) is 5.76 Å². The SMILES string of the molecule is Cc1ncc(/C(O)=C2\C(=O)C(=O)N(CCCN(C)C)[C@@H]2c2cccc(F)c2)c(C)n1.